The normalized spacial score (nSPS) is 17.6. The Kier molecular flexibility index (Phi) is 5.09. The summed E-state index contributed by atoms with van der Waals surface area (Å²) in [6.07, 6.45) is 1.88. The lowest BCUT2D eigenvalue weighted by atomic mass is 9.94. The van der Waals surface area contributed by atoms with E-state index in [0.29, 0.717) is 5.69 Å². The zero-order valence-electron chi connectivity index (χ0n) is 19.0. The van der Waals surface area contributed by atoms with Gasteiger partial charge in [0.05, 0.1) is 11.6 Å². The molecule has 34 heavy (non-hydrogen) atoms. The molecule has 0 saturated carbocycles. The van der Waals surface area contributed by atoms with E-state index in [9.17, 15) is 19.1 Å². The number of benzene rings is 3. The number of fused-ring (bicyclic) bond motifs is 1. The minimum atomic E-state index is -0.849. The Morgan fingerprint density at radius 2 is 1.65 bits per heavy atom. The number of aromatic nitrogens is 1. The van der Waals surface area contributed by atoms with Crippen LogP contribution in [0.1, 0.15) is 28.3 Å². The molecule has 6 heteroatoms. The van der Waals surface area contributed by atoms with E-state index < -0.39 is 23.5 Å². The predicted octanol–water partition coefficient (Wildman–Crippen LogP) is 5.56. The van der Waals surface area contributed by atoms with Crippen LogP contribution in [0.4, 0.5) is 10.1 Å². The van der Waals surface area contributed by atoms with Crippen molar-refractivity contribution in [2.24, 2.45) is 7.05 Å². The van der Waals surface area contributed by atoms with Crippen molar-refractivity contribution in [3.05, 3.63) is 107 Å². The number of ketones is 1. The van der Waals surface area contributed by atoms with Crippen LogP contribution in [0.25, 0.3) is 16.7 Å². The van der Waals surface area contributed by atoms with Crippen molar-refractivity contribution in [1.29, 1.82) is 0 Å². The number of anilines is 1. The van der Waals surface area contributed by atoms with E-state index in [4.69, 9.17) is 0 Å². The highest BCUT2D eigenvalue weighted by Gasteiger charge is 2.47. The van der Waals surface area contributed by atoms with Crippen molar-refractivity contribution in [3.8, 4) is 0 Å². The molecule has 5 rings (SSSR count). The second-order valence-corrected chi connectivity index (χ2v) is 8.66. The van der Waals surface area contributed by atoms with E-state index in [1.807, 2.05) is 74.1 Å². The van der Waals surface area contributed by atoms with Gasteiger partial charge in [-0.1, -0.05) is 24.3 Å². The summed E-state index contributed by atoms with van der Waals surface area (Å²) in [5, 5.41) is 12.1. The number of aliphatic hydroxyl groups excluding tert-OH is 1. The van der Waals surface area contributed by atoms with Gasteiger partial charge in [0.1, 0.15) is 11.6 Å². The van der Waals surface area contributed by atoms with Crippen molar-refractivity contribution in [2.75, 3.05) is 4.90 Å². The van der Waals surface area contributed by atoms with Gasteiger partial charge in [0.15, 0.2) is 0 Å². The Morgan fingerprint density at radius 1 is 0.941 bits per heavy atom. The maximum Gasteiger partial charge on any atom is 0.300 e. The van der Waals surface area contributed by atoms with Crippen molar-refractivity contribution in [3.63, 3.8) is 0 Å². The molecule has 2 heterocycles. The number of carbonyl (C=O) groups is 2. The lowest BCUT2D eigenvalue weighted by Gasteiger charge is -2.25. The van der Waals surface area contributed by atoms with Crippen LogP contribution in [0.3, 0.4) is 0 Å². The number of rotatable bonds is 3. The fourth-order valence-electron chi connectivity index (χ4n) is 4.62. The van der Waals surface area contributed by atoms with E-state index in [-0.39, 0.29) is 16.9 Å². The molecule has 1 N–H and O–H groups in total. The monoisotopic (exact) mass is 454 g/mol. The molecule has 1 aromatic heterocycles. The molecule has 0 radical (unpaired) electrons. The number of nitrogens with zero attached hydrogens (tertiary/aromatic N) is 2. The molecule has 170 valence electrons. The molecular weight excluding hydrogens is 431 g/mol. The third-order valence-corrected chi connectivity index (χ3v) is 6.55. The third-order valence-electron chi connectivity index (χ3n) is 6.55. The quantitative estimate of drug-likeness (QED) is 0.250. The zero-order valence-corrected chi connectivity index (χ0v) is 19.0. The number of hydrogen-bond acceptors (Lipinski definition) is 3. The van der Waals surface area contributed by atoms with Gasteiger partial charge in [0.2, 0.25) is 0 Å². The lowest BCUT2D eigenvalue weighted by Crippen LogP contribution is -2.29. The van der Waals surface area contributed by atoms with Crippen molar-refractivity contribution < 1.29 is 19.1 Å². The van der Waals surface area contributed by atoms with E-state index >= 15 is 0 Å². The fourth-order valence-corrected chi connectivity index (χ4v) is 4.62. The van der Waals surface area contributed by atoms with Crippen LogP contribution in [0.15, 0.2) is 78.5 Å². The average molecular weight is 455 g/mol. The smallest absolute Gasteiger partial charge is 0.300 e. The molecular formula is C28H23FN2O3. The first kappa shape index (κ1) is 21.6. The van der Waals surface area contributed by atoms with E-state index in [1.54, 1.807) is 0 Å². The molecule has 0 bridgehead atoms. The van der Waals surface area contributed by atoms with Gasteiger partial charge in [0.25, 0.3) is 11.7 Å². The van der Waals surface area contributed by atoms with Crippen LogP contribution >= 0.6 is 0 Å². The van der Waals surface area contributed by atoms with Crippen LogP contribution in [0.5, 0.6) is 0 Å². The third kappa shape index (κ3) is 3.30. The number of carbonyl (C=O) groups excluding carboxylic acids is 2. The van der Waals surface area contributed by atoms with Crippen LogP contribution in [-0.2, 0) is 16.6 Å². The summed E-state index contributed by atoms with van der Waals surface area (Å²) < 4.78 is 15.4. The predicted molar refractivity (Wildman–Crippen MR) is 130 cm³/mol. The summed E-state index contributed by atoms with van der Waals surface area (Å²) in [7, 11) is 1.90. The van der Waals surface area contributed by atoms with Gasteiger partial charge in [-0.25, -0.2) is 4.39 Å². The molecule has 1 fully saturated rings. The summed E-state index contributed by atoms with van der Waals surface area (Å²) in [4.78, 5) is 28.2. The highest BCUT2D eigenvalue weighted by Crippen LogP contribution is 2.44. The van der Waals surface area contributed by atoms with E-state index in [2.05, 4.69) is 0 Å². The Morgan fingerprint density at radius 3 is 2.35 bits per heavy atom. The van der Waals surface area contributed by atoms with Gasteiger partial charge in [-0.15, -0.1) is 0 Å². The van der Waals surface area contributed by atoms with E-state index in [0.717, 1.165) is 27.6 Å². The Labute approximate surface area is 196 Å². The van der Waals surface area contributed by atoms with Crippen molar-refractivity contribution >= 4 is 34.0 Å². The molecule has 0 aliphatic carbocycles. The zero-order chi connectivity index (χ0) is 24.1. The van der Waals surface area contributed by atoms with Crippen molar-refractivity contribution in [2.45, 2.75) is 19.9 Å². The molecule has 3 aromatic carbocycles. The number of aryl methyl sites for hydroxylation is 3. The Bertz CT molecular complexity index is 1500. The Hall–Kier alpha value is -4.19. The number of para-hydroxylation sites is 1. The average Bonchev–Trinajstić information content (AvgIpc) is 3.29. The maximum absolute atomic E-state index is 13.5. The molecule has 1 aliphatic heterocycles. The minimum absolute atomic E-state index is 0.0220. The van der Waals surface area contributed by atoms with Gasteiger partial charge in [0, 0.05) is 41.0 Å². The first-order valence-electron chi connectivity index (χ1n) is 11.0. The Balaban J connectivity index is 1.81. The number of hydrogen-bond donors (Lipinski definition) is 1. The molecule has 1 amide bonds. The molecule has 4 aromatic rings. The first-order valence-corrected chi connectivity index (χ1v) is 11.0. The van der Waals surface area contributed by atoms with Crippen LogP contribution in [-0.4, -0.2) is 21.4 Å². The van der Waals surface area contributed by atoms with E-state index in [1.165, 1.54) is 29.2 Å². The summed E-state index contributed by atoms with van der Waals surface area (Å²) in [6.45, 7) is 3.92. The number of aliphatic hydroxyl groups is 1. The van der Waals surface area contributed by atoms with Gasteiger partial charge < -0.3 is 9.67 Å². The SMILES string of the molecule is Cc1ccc(N2C(=O)C(=O)/C(=C(/O)c3ccc(F)cc3)C2c2cn(C)c3ccccc23)cc1C. The van der Waals surface area contributed by atoms with Crippen LogP contribution in [0.2, 0.25) is 0 Å². The largest absolute Gasteiger partial charge is 0.507 e. The molecule has 1 atom stereocenters. The lowest BCUT2D eigenvalue weighted by molar-refractivity contribution is -0.132. The van der Waals surface area contributed by atoms with Crippen LogP contribution < -0.4 is 4.90 Å². The fraction of sp³-hybridized carbons (Fsp3) is 0.143. The summed E-state index contributed by atoms with van der Waals surface area (Å²) in [5.74, 6) is -2.29. The highest BCUT2D eigenvalue weighted by molar-refractivity contribution is 6.51. The van der Waals surface area contributed by atoms with Gasteiger partial charge in [-0.05, 0) is 67.4 Å². The second-order valence-electron chi connectivity index (χ2n) is 8.66. The molecule has 0 spiro atoms. The number of halogens is 1. The summed E-state index contributed by atoms with van der Waals surface area (Å²) >= 11 is 0. The van der Waals surface area contributed by atoms with Crippen LogP contribution in [0, 0.1) is 19.7 Å². The summed E-state index contributed by atoms with van der Waals surface area (Å²) in [6, 6.07) is 17.7. The molecule has 1 unspecified atom stereocenters. The van der Waals surface area contributed by atoms with Gasteiger partial charge in [-0.2, -0.15) is 0 Å². The standard InChI is InChI=1S/C28H23FN2O3/c1-16-8-13-20(14-17(16)2)31-25(22-15-30(3)23-7-5-4-6-21(22)23)24(27(33)28(31)34)26(32)18-9-11-19(29)12-10-18/h4-15,25,32H,1-3H3/b26-24+. The van der Waals surface area contributed by atoms with Gasteiger partial charge in [-0.3, -0.25) is 14.5 Å². The molecule has 1 saturated heterocycles. The summed E-state index contributed by atoms with van der Waals surface area (Å²) in [5.41, 5.74) is 4.52. The van der Waals surface area contributed by atoms with Crippen molar-refractivity contribution in [1.82, 2.24) is 4.57 Å². The van der Waals surface area contributed by atoms with Gasteiger partial charge >= 0.3 is 0 Å². The topological polar surface area (TPSA) is 62.5 Å². The second kappa shape index (κ2) is 7.99. The maximum atomic E-state index is 13.5. The minimum Gasteiger partial charge on any atom is -0.507 e. The molecule has 1 aliphatic rings. The first-order chi connectivity index (χ1) is 16.3. The number of Topliss-reactive ketones (excluding diaryl/α,β-unsaturated/α-hetero) is 1. The molecule has 5 nitrogen and oxygen atoms in total. The number of amides is 1. The highest BCUT2D eigenvalue weighted by atomic mass is 19.1.